The maximum absolute atomic E-state index is 11.3. The van der Waals surface area contributed by atoms with Crippen LogP contribution in [0.1, 0.15) is 17.2 Å². The molecule has 0 aliphatic carbocycles. The predicted octanol–water partition coefficient (Wildman–Crippen LogP) is 1.02. The molecule has 0 saturated carbocycles. The molecule has 4 heteroatoms. The van der Waals surface area contributed by atoms with Crippen molar-refractivity contribution in [2.45, 2.75) is 12.3 Å². The number of carbonyl (C=O) groups excluding carboxylic acids is 1. The van der Waals surface area contributed by atoms with Gasteiger partial charge in [-0.2, -0.15) is 0 Å². The van der Waals surface area contributed by atoms with E-state index in [0.717, 1.165) is 19.5 Å². The van der Waals surface area contributed by atoms with Crippen LogP contribution >= 0.6 is 11.3 Å². The van der Waals surface area contributed by atoms with Crippen LogP contribution in [-0.4, -0.2) is 30.4 Å². The molecule has 3 nitrogen and oxygen atoms in total. The van der Waals surface area contributed by atoms with E-state index in [2.05, 4.69) is 17.5 Å². The normalized spacial score (nSPS) is 21.5. The predicted molar refractivity (Wildman–Crippen MR) is 57.3 cm³/mol. The molecule has 2 N–H and O–H groups in total. The average Bonchev–Trinajstić information content (AvgIpc) is 2.86. The number of likely N-dealkylation sites (tertiary alicyclic amines) is 1. The lowest BCUT2D eigenvalue weighted by atomic mass is 10.1. The minimum Gasteiger partial charge on any atom is -0.341 e. The van der Waals surface area contributed by atoms with Gasteiger partial charge in [-0.05, 0) is 17.9 Å². The van der Waals surface area contributed by atoms with Crippen LogP contribution in [-0.2, 0) is 4.79 Å². The Morgan fingerprint density at radius 2 is 2.57 bits per heavy atom. The lowest BCUT2D eigenvalue weighted by molar-refractivity contribution is -0.128. The van der Waals surface area contributed by atoms with Crippen molar-refractivity contribution in [3.8, 4) is 0 Å². The molecule has 1 aliphatic heterocycles. The molecule has 0 bridgehead atoms. The molecule has 0 aromatic carbocycles. The molecule has 1 atom stereocenters. The summed E-state index contributed by atoms with van der Waals surface area (Å²) < 4.78 is 0. The van der Waals surface area contributed by atoms with Crippen molar-refractivity contribution in [1.29, 1.82) is 0 Å². The van der Waals surface area contributed by atoms with Gasteiger partial charge in [0.05, 0.1) is 6.54 Å². The van der Waals surface area contributed by atoms with Gasteiger partial charge >= 0.3 is 0 Å². The van der Waals surface area contributed by atoms with Crippen molar-refractivity contribution in [3.05, 3.63) is 22.4 Å². The second kappa shape index (κ2) is 4.11. The highest BCUT2D eigenvalue weighted by Gasteiger charge is 2.26. The van der Waals surface area contributed by atoms with Crippen LogP contribution in [0.15, 0.2) is 17.5 Å². The minimum absolute atomic E-state index is 0.0732. The molecular weight excluding hydrogens is 196 g/mol. The van der Waals surface area contributed by atoms with Crippen LogP contribution in [0.2, 0.25) is 0 Å². The highest BCUT2D eigenvalue weighted by atomic mass is 32.1. The molecule has 2 heterocycles. The molecule has 2 rings (SSSR count). The Labute approximate surface area is 87.5 Å². The molecule has 1 unspecified atom stereocenters. The summed E-state index contributed by atoms with van der Waals surface area (Å²) in [5, 5.41) is 2.09. The first-order valence-corrected chi connectivity index (χ1v) is 5.70. The molecule has 0 spiro atoms. The molecule has 76 valence electrons. The molecule has 1 aromatic rings. The molecule has 1 amide bonds. The summed E-state index contributed by atoms with van der Waals surface area (Å²) in [6.45, 7) is 1.84. The monoisotopic (exact) mass is 210 g/mol. The fraction of sp³-hybridized carbons (Fsp3) is 0.500. The summed E-state index contributed by atoms with van der Waals surface area (Å²) in [7, 11) is 0. The number of carbonyl (C=O) groups is 1. The van der Waals surface area contributed by atoms with E-state index < -0.39 is 0 Å². The summed E-state index contributed by atoms with van der Waals surface area (Å²) in [6.07, 6.45) is 1.08. The molecule has 1 saturated heterocycles. The third-order valence-corrected chi connectivity index (χ3v) is 3.70. The van der Waals surface area contributed by atoms with Crippen LogP contribution in [0.3, 0.4) is 0 Å². The topological polar surface area (TPSA) is 46.3 Å². The molecule has 1 fully saturated rings. The minimum atomic E-state index is 0.0732. The van der Waals surface area contributed by atoms with Gasteiger partial charge in [-0.3, -0.25) is 4.79 Å². The maximum atomic E-state index is 11.3. The van der Waals surface area contributed by atoms with Gasteiger partial charge < -0.3 is 10.6 Å². The molecule has 1 aliphatic rings. The van der Waals surface area contributed by atoms with Crippen LogP contribution in [0, 0.1) is 0 Å². The van der Waals surface area contributed by atoms with Crippen molar-refractivity contribution in [2.24, 2.45) is 5.73 Å². The molecule has 14 heavy (non-hydrogen) atoms. The van der Waals surface area contributed by atoms with Gasteiger partial charge in [0.25, 0.3) is 0 Å². The molecule has 1 aromatic heterocycles. The van der Waals surface area contributed by atoms with Gasteiger partial charge in [-0.25, -0.2) is 0 Å². The second-order valence-electron chi connectivity index (χ2n) is 3.54. The Hall–Kier alpha value is -0.870. The number of nitrogens with zero attached hydrogens (tertiary/aromatic N) is 1. The van der Waals surface area contributed by atoms with E-state index in [1.807, 2.05) is 4.90 Å². The van der Waals surface area contributed by atoms with E-state index in [4.69, 9.17) is 5.73 Å². The number of amides is 1. The number of hydrogen-bond acceptors (Lipinski definition) is 3. The van der Waals surface area contributed by atoms with Crippen molar-refractivity contribution in [3.63, 3.8) is 0 Å². The first kappa shape index (κ1) is 9.68. The van der Waals surface area contributed by atoms with Crippen LogP contribution in [0.4, 0.5) is 0 Å². The highest BCUT2D eigenvalue weighted by molar-refractivity contribution is 7.10. The SMILES string of the molecule is NCC(=O)N1CCC(c2cccs2)C1. The number of nitrogens with two attached hydrogens (primary N) is 1. The summed E-state index contributed by atoms with van der Waals surface area (Å²) in [5.41, 5.74) is 5.33. The zero-order valence-electron chi connectivity index (χ0n) is 7.98. The summed E-state index contributed by atoms with van der Waals surface area (Å²) >= 11 is 1.77. The average molecular weight is 210 g/mol. The van der Waals surface area contributed by atoms with Gasteiger partial charge in [0, 0.05) is 23.9 Å². The second-order valence-corrected chi connectivity index (χ2v) is 4.52. The van der Waals surface area contributed by atoms with Crippen LogP contribution in [0.5, 0.6) is 0 Å². The lowest BCUT2D eigenvalue weighted by Crippen LogP contribution is -2.33. The third-order valence-electron chi connectivity index (χ3n) is 2.66. The Kier molecular flexibility index (Phi) is 2.84. The van der Waals surface area contributed by atoms with Gasteiger partial charge in [-0.1, -0.05) is 6.07 Å². The molecule has 0 radical (unpaired) electrons. The number of rotatable bonds is 2. The zero-order valence-corrected chi connectivity index (χ0v) is 8.80. The Balaban J connectivity index is 1.98. The fourth-order valence-corrected chi connectivity index (χ4v) is 2.73. The Bertz CT molecular complexity index is 310. The van der Waals surface area contributed by atoms with Crippen molar-refractivity contribution < 1.29 is 4.79 Å². The first-order valence-electron chi connectivity index (χ1n) is 4.82. The van der Waals surface area contributed by atoms with Gasteiger partial charge in [-0.15, -0.1) is 11.3 Å². The van der Waals surface area contributed by atoms with Crippen molar-refractivity contribution in [1.82, 2.24) is 4.90 Å². The Morgan fingerprint density at radius 1 is 1.71 bits per heavy atom. The first-order chi connectivity index (χ1) is 6.81. The summed E-state index contributed by atoms with van der Waals surface area (Å²) in [6, 6.07) is 4.21. The van der Waals surface area contributed by atoms with Crippen molar-refractivity contribution >= 4 is 17.2 Å². The van der Waals surface area contributed by atoms with Gasteiger partial charge in [0.2, 0.25) is 5.91 Å². The maximum Gasteiger partial charge on any atom is 0.236 e. The summed E-state index contributed by atoms with van der Waals surface area (Å²) in [4.78, 5) is 14.6. The van der Waals surface area contributed by atoms with Crippen molar-refractivity contribution in [2.75, 3.05) is 19.6 Å². The van der Waals surface area contributed by atoms with E-state index in [-0.39, 0.29) is 12.5 Å². The zero-order chi connectivity index (χ0) is 9.97. The number of thiophene rings is 1. The van der Waals surface area contributed by atoms with E-state index in [1.54, 1.807) is 11.3 Å². The highest BCUT2D eigenvalue weighted by Crippen LogP contribution is 2.29. The molecular formula is C10H14N2OS. The van der Waals surface area contributed by atoms with E-state index in [9.17, 15) is 4.79 Å². The van der Waals surface area contributed by atoms with Crippen LogP contribution < -0.4 is 5.73 Å². The standard InChI is InChI=1S/C10H14N2OS/c11-6-10(13)12-4-3-8(7-12)9-2-1-5-14-9/h1-2,5,8H,3-4,6-7,11H2. The lowest BCUT2D eigenvalue weighted by Gasteiger charge is -2.14. The van der Waals surface area contributed by atoms with E-state index in [1.165, 1.54) is 4.88 Å². The Morgan fingerprint density at radius 3 is 3.21 bits per heavy atom. The van der Waals surface area contributed by atoms with Gasteiger partial charge in [0.1, 0.15) is 0 Å². The van der Waals surface area contributed by atoms with E-state index in [0.29, 0.717) is 5.92 Å². The quantitative estimate of drug-likeness (QED) is 0.792. The number of hydrogen-bond donors (Lipinski definition) is 1. The largest absolute Gasteiger partial charge is 0.341 e. The van der Waals surface area contributed by atoms with E-state index >= 15 is 0 Å². The fourth-order valence-electron chi connectivity index (χ4n) is 1.87. The smallest absolute Gasteiger partial charge is 0.236 e. The summed E-state index contributed by atoms with van der Waals surface area (Å²) in [5.74, 6) is 0.606. The van der Waals surface area contributed by atoms with Crippen LogP contribution in [0.25, 0.3) is 0 Å². The van der Waals surface area contributed by atoms with Gasteiger partial charge in [0.15, 0.2) is 0 Å². The third kappa shape index (κ3) is 1.81.